The summed E-state index contributed by atoms with van der Waals surface area (Å²) in [6, 6.07) is 16.8. The molecule has 0 spiro atoms. The third-order valence-electron chi connectivity index (χ3n) is 2.34. The van der Waals surface area contributed by atoms with Crippen LogP contribution in [0.3, 0.4) is 0 Å². The first-order valence-corrected chi connectivity index (χ1v) is 5.44. The predicted molar refractivity (Wildman–Crippen MR) is 70.3 cm³/mol. The maximum atomic E-state index is 11.6. The summed E-state index contributed by atoms with van der Waals surface area (Å²) in [5.74, 6) is 0. The van der Waals surface area contributed by atoms with Crippen LogP contribution in [0.2, 0.25) is 0 Å². The molecular weight excluding hydrogens is 212 g/mol. The second-order valence-corrected chi connectivity index (χ2v) is 3.81. The lowest BCUT2D eigenvalue weighted by molar-refractivity contribution is 0.262. The minimum Gasteiger partial charge on any atom is -0.308 e. The van der Waals surface area contributed by atoms with Gasteiger partial charge in [0.05, 0.1) is 0 Å². The summed E-state index contributed by atoms with van der Waals surface area (Å²) in [5, 5.41) is 5.52. The molecule has 0 heterocycles. The quantitative estimate of drug-likeness (QED) is 0.806. The van der Waals surface area contributed by atoms with Crippen LogP contribution in [0, 0.1) is 6.92 Å². The Bertz CT molecular complexity index is 491. The standard InChI is InChI=1S/C14H14N2O/c1-11-7-9-13(10-8-11)16-14(17)15-12-5-3-2-4-6-12/h2-10H,1H3,(H2,15,16,17). The largest absolute Gasteiger partial charge is 0.323 e. The van der Waals surface area contributed by atoms with Crippen molar-refractivity contribution in [3.05, 3.63) is 60.2 Å². The van der Waals surface area contributed by atoms with Gasteiger partial charge >= 0.3 is 6.03 Å². The average molecular weight is 226 g/mol. The second kappa shape index (κ2) is 5.16. The van der Waals surface area contributed by atoms with Gasteiger partial charge in [-0.1, -0.05) is 35.9 Å². The molecule has 17 heavy (non-hydrogen) atoms. The molecule has 2 amide bonds. The molecule has 2 aromatic carbocycles. The number of hydrogen-bond acceptors (Lipinski definition) is 1. The van der Waals surface area contributed by atoms with E-state index in [1.165, 1.54) is 5.56 Å². The first kappa shape index (κ1) is 11.2. The van der Waals surface area contributed by atoms with Gasteiger partial charge in [-0.2, -0.15) is 0 Å². The molecule has 2 aromatic rings. The lowest BCUT2D eigenvalue weighted by Gasteiger charge is -2.07. The molecule has 0 aromatic heterocycles. The van der Waals surface area contributed by atoms with Gasteiger partial charge in [-0.25, -0.2) is 4.79 Å². The van der Waals surface area contributed by atoms with Crippen molar-refractivity contribution in [1.82, 2.24) is 0 Å². The normalized spacial score (nSPS) is 9.71. The van der Waals surface area contributed by atoms with Crippen LogP contribution in [0.1, 0.15) is 5.56 Å². The molecule has 0 atom stereocenters. The molecule has 0 unspecified atom stereocenters. The van der Waals surface area contributed by atoms with Gasteiger partial charge in [0.2, 0.25) is 0 Å². The van der Waals surface area contributed by atoms with Gasteiger partial charge in [-0.05, 0) is 31.2 Å². The van der Waals surface area contributed by atoms with Gasteiger partial charge in [0.25, 0.3) is 0 Å². The number of para-hydroxylation sites is 1. The van der Waals surface area contributed by atoms with Crippen molar-refractivity contribution in [2.24, 2.45) is 0 Å². The van der Waals surface area contributed by atoms with E-state index in [9.17, 15) is 4.79 Å². The summed E-state index contributed by atoms with van der Waals surface area (Å²) < 4.78 is 0. The van der Waals surface area contributed by atoms with Crippen LogP contribution >= 0.6 is 0 Å². The fraction of sp³-hybridized carbons (Fsp3) is 0.0714. The number of benzene rings is 2. The number of carbonyl (C=O) groups excluding carboxylic acids is 1. The Kier molecular flexibility index (Phi) is 3.40. The number of hydrogen-bond donors (Lipinski definition) is 2. The Hall–Kier alpha value is -2.29. The van der Waals surface area contributed by atoms with Gasteiger partial charge in [-0.3, -0.25) is 0 Å². The molecule has 3 nitrogen and oxygen atoms in total. The topological polar surface area (TPSA) is 41.1 Å². The lowest BCUT2D eigenvalue weighted by Crippen LogP contribution is -2.19. The molecule has 0 aliphatic heterocycles. The third kappa shape index (κ3) is 3.34. The Morgan fingerprint density at radius 3 is 1.94 bits per heavy atom. The molecular formula is C14H14N2O. The molecule has 0 bridgehead atoms. The number of nitrogens with one attached hydrogen (secondary N) is 2. The van der Waals surface area contributed by atoms with Gasteiger partial charge in [-0.15, -0.1) is 0 Å². The molecule has 0 saturated heterocycles. The highest BCUT2D eigenvalue weighted by atomic mass is 16.2. The number of urea groups is 1. The molecule has 0 aliphatic rings. The first-order valence-electron chi connectivity index (χ1n) is 5.44. The minimum atomic E-state index is -0.236. The fourth-order valence-electron chi connectivity index (χ4n) is 1.45. The van der Waals surface area contributed by atoms with E-state index in [2.05, 4.69) is 10.6 Å². The van der Waals surface area contributed by atoms with Crippen molar-refractivity contribution in [3.8, 4) is 0 Å². The maximum absolute atomic E-state index is 11.6. The number of carbonyl (C=O) groups is 1. The van der Waals surface area contributed by atoms with Crippen molar-refractivity contribution >= 4 is 17.4 Å². The van der Waals surface area contributed by atoms with E-state index in [1.54, 1.807) is 0 Å². The van der Waals surface area contributed by atoms with Gasteiger partial charge in [0.1, 0.15) is 0 Å². The number of rotatable bonds is 2. The Morgan fingerprint density at radius 2 is 1.35 bits per heavy atom. The zero-order valence-corrected chi connectivity index (χ0v) is 9.60. The van der Waals surface area contributed by atoms with Crippen LogP contribution in [0.15, 0.2) is 54.6 Å². The third-order valence-corrected chi connectivity index (χ3v) is 2.34. The van der Waals surface area contributed by atoms with E-state index in [0.29, 0.717) is 0 Å². The molecule has 2 N–H and O–H groups in total. The maximum Gasteiger partial charge on any atom is 0.323 e. The van der Waals surface area contributed by atoms with Crippen LogP contribution in [-0.2, 0) is 0 Å². The van der Waals surface area contributed by atoms with Crippen molar-refractivity contribution in [2.45, 2.75) is 6.92 Å². The highest BCUT2D eigenvalue weighted by Crippen LogP contribution is 2.10. The van der Waals surface area contributed by atoms with E-state index >= 15 is 0 Å². The smallest absolute Gasteiger partial charge is 0.308 e. The molecule has 0 aliphatic carbocycles. The summed E-state index contributed by atoms with van der Waals surface area (Å²) in [4.78, 5) is 11.6. The SMILES string of the molecule is Cc1ccc(NC(=O)Nc2ccccc2)cc1. The minimum absolute atomic E-state index is 0.236. The van der Waals surface area contributed by atoms with Gasteiger partial charge < -0.3 is 10.6 Å². The van der Waals surface area contributed by atoms with E-state index in [0.717, 1.165) is 11.4 Å². The number of aryl methyl sites for hydroxylation is 1. The second-order valence-electron chi connectivity index (χ2n) is 3.81. The van der Waals surface area contributed by atoms with E-state index in [4.69, 9.17) is 0 Å². The van der Waals surface area contributed by atoms with E-state index in [-0.39, 0.29) is 6.03 Å². The highest BCUT2D eigenvalue weighted by molar-refractivity contribution is 5.99. The van der Waals surface area contributed by atoms with Gasteiger partial charge in [0.15, 0.2) is 0 Å². The molecule has 0 radical (unpaired) electrons. The summed E-state index contributed by atoms with van der Waals surface area (Å²) in [6.07, 6.45) is 0. The zero-order chi connectivity index (χ0) is 12.1. The van der Waals surface area contributed by atoms with Crippen LogP contribution in [0.25, 0.3) is 0 Å². The van der Waals surface area contributed by atoms with Crippen molar-refractivity contribution in [3.63, 3.8) is 0 Å². The van der Waals surface area contributed by atoms with Crippen molar-refractivity contribution in [2.75, 3.05) is 10.6 Å². The summed E-state index contributed by atoms with van der Waals surface area (Å²) in [7, 11) is 0. The van der Waals surface area contributed by atoms with E-state index in [1.807, 2.05) is 61.5 Å². The molecule has 0 fully saturated rings. The van der Waals surface area contributed by atoms with Gasteiger partial charge in [0, 0.05) is 11.4 Å². The van der Waals surface area contributed by atoms with Crippen LogP contribution in [0.5, 0.6) is 0 Å². The summed E-state index contributed by atoms with van der Waals surface area (Å²) >= 11 is 0. The Labute approximate surface area is 100 Å². The summed E-state index contributed by atoms with van der Waals surface area (Å²) in [5.41, 5.74) is 2.72. The molecule has 0 saturated carbocycles. The highest BCUT2D eigenvalue weighted by Gasteiger charge is 2.01. The lowest BCUT2D eigenvalue weighted by atomic mass is 10.2. The van der Waals surface area contributed by atoms with Crippen molar-refractivity contribution in [1.29, 1.82) is 0 Å². The van der Waals surface area contributed by atoms with Crippen LogP contribution in [0.4, 0.5) is 16.2 Å². The molecule has 86 valence electrons. The van der Waals surface area contributed by atoms with E-state index < -0.39 is 0 Å². The monoisotopic (exact) mass is 226 g/mol. The Balaban J connectivity index is 1.96. The van der Waals surface area contributed by atoms with Crippen molar-refractivity contribution < 1.29 is 4.79 Å². The average Bonchev–Trinajstić information content (AvgIpc) is 2.33. The predicted octanol–water partition coefficient (Wildman–Crippen LogP) is 3.64. The Morgan fingerprint density at radius 1 is 0.824 bits per heavy atom. The first-order chi connectivity index (χ1) is 8.24. The fourth-order valence-corrected chi connectivity index (χ4v) is 1.45. The number of anilines is 2. The van der Waals surface area contributed by atoms with Crippen LogP contribution in [-0.4, -0.2) is 6.03 Å². The zero-order valence-electron chi connectivity index (χ0n) is 9.60. The number of amides is 2. The van der Waals surface area contributed by atoms with Crippen LogP contribution < -0.4 is 10.6 Å². The summed E-state index contributed by atoms with van der Waals surface area (Å²) in [6.45, 7) is 2.01. The molecule has 3 heteroatoms. The molecule has 2 rings (SSSR count).